The van der Waals surface area contributed by atoms with Crippen LogP contribution in [0.3, 0.4) is 0 Å². The first-order valence-electron chi connectivity index (χ1n) is 7.21. The fraction of sp³-hybridized carbons (Fsp3) is 0.467. The van der Waals surface area contributed by atoms with E-state index in [1.54, 1.807) is 11.8 Å². The standard InChI is InChI=1S/C15H17ClFN3OS.ClH/c1-20-11(8-22-15(20)18-10-3-4-10)7-14(21)19-13-6-9(16)2-5-12(13)17;/h2,5-6,10-11H,3-4,7-8H2,1H3,(H,19,21);1H. The lowest BCUT2D eigenvalue weighted by Gasteiger charge is -2.20. The van der Waals surface area contributed by atoms with Crippen LogP contribution in [0.2, 0.25) is 5.02 Å². The second kappa shape index (κ2) is 7.73. The summed E-state index contributed by atoms with van der Waals surface area (Å²) in [6, 6.07) is 4.68. The maximum atomic E-state index is 13.6. The number of thioether (sulfide) groups is 1. The first kappa shape index (κ1) is 18.4. The van der Waals surface area contributed by atoms with E-state index < -0.39 is 5.82 Å². The van der Waals surface area contributed by atoms with E-state index in [-0.39, 0.29) is 30.0 Å². The molecule has 1 atom stereocenters. The van der Waals surface area contributed by atoms with Gasteiger partial charge in [-0.15, -0.1) is 12.4 Å². The Labute approximate surface area is 150 Å². The minimum absolute atomic E-state index is 0. The predicted molar refractivity (Wildman–Crippen MR) is 96.4 cm³/mol. The predicted octanol–water partition coefficient (Wildman–Crippen LogP) is 3.80. The number of nitrogens with zero attached hydrogens (tertiary/aromatic N) is 2. The van der Waals surface area contributed by atoms with Crippen LogP contribution in [0, 0.1) is 5.82 Å². The number of hydrogen-bond donors (Lipinski definition) is 1. The van der Waals surface area contributed by atoms with E-state index in [4.69, 9.17) is 11.6 Å². The number of halogens is 3. The number of carbonyl (C=O) groups excluding carboxylic acids is 1. The van der Waals surface area contributed by atoms with Gasteiger partial charge in [0.25, 0.3) is 0 Å². The van der Waals surface area contributed by atoms with E-state index in [1.807, 2.05) is 7.05 Å². The summed E-state index contributed by atoms with van der Waals surface area (Å²) in [4.78, 5) is 18.8. The SMILES string of the molecule is CN1C(=NC2CC2)SCC1CC(=O)Nc1cc(Cl)ccc1F.Cl. The third-order valence-electron chi connectivity index (χ3n) is 3.72. The molecule has 1 heterocycles. The summed E-state index contributed by atoms with van der Waals surface area (Å²) in [6.07, 6.45) is 2.63. The Morgan fingerprint density at radius 3 is 2.96 bits per heavy atom. The molecule has 0 aromatic heterocycles. The van der Waals surface area contributed by atoms with Crippen LogP contribution < -0.4 is 5.32 Å². The Morgan fingerprint density at radius 1 is 1.52 bits per heavy atom. The number of carbonyl (C=O) groups is 1. The van der Waals surface area contributed by atoms with Crippen LogP contribution in [-0.2, 0) is 4.79 Å². The summed E-state index contributed by atoms with van der Waals surface area (Å²) < 4.78 is 13.6. The quantitative estimate of drug-likeness (QED) is 0.867. The Morgan fingerprint density at radius 2 is 2.26 bits per heavy atom. The van der Waals surface area contributed by atoms with E-state index in [2.05, 4.69) is 15.2 Å². The maximum absolute atomic E-state index is 13.6. The van der Waals surface area contributed by atoms with Gasteiger partial charge in [-0.2, -0.15) is 0 Å². The van der Waals surface area contributed by atoms with E-state index in [0.717, 1.165) is 23.8 Å². The largest absolute Gasteiger partial charge is 0.350 e. The molecule has 1 unspecified atom stereocenters. The van der Waals surface area contributed by atoms with Gasteiger partial charge in [-0.3, -0.25) is 9.79 Å². The number of nitrogens with one attached hydrogen (secondary N) is 1. The molecular formula is C15H18Cl2FN3OS. The number of rotatable bonds is 4. The molecule has 2 aliphatic rings. The van der Waals surface area contributed by atoms with Crippen molar-refractivity contribution in [3.8, 4) is 0 Å². The molecule has 1 aliphatic carbocycles. The highest BCUT2D eigenvalue weighted by molar-refractivity contribution is 8.14. The molecule has 1 aromatic rings. The maximum Gasteiger partial charge on any atom is 0.226 e. The lowest BCUT2D eigenvalue weighted by Crippen LogP contribution is -2.33. The van der Waals surface area contributed by atoms with Gasteiger partial charge in [0.1, 0.15) is 5.82 Å². The molecule has 4 nitrogen and oxygen atoms in total. The third kappa shape index (κ3) is 4.75. The normalized spacial score (nSPS) is 22.1. The van der Waals surface area contributed by atoms with Crippen molar-refractivity contribution in [3.05, 3.63) is 29.0 Å². The van der Waals surface area contributed by atoms with Gasteiger partial charge in [-0.25, -0.2) is 4.39 Å². The molecule has 8 heteroatoms. The van der Waals surface area contributed by atoms with Gasteiger partial charge in [-0.1, -0.05) is 23.4 Å². The highest BCUT2D eigenvalue weighted by Crippen LogP contribution is 2.30. The minimum atomic E-state index is -0.483. The summed E-state index contributed by atoms with van der Waals surface area (Å²) in [5.74, 6) is 0.127. The van der Waals surface area contributed by atoms with Crippen LogP contribution in [0.15, 0.2) is 23.2 Å². The molecule has 1 N–H and O–H groups in total. The fourth-order valence-corrected chi connectivity index (χ4v) is 3.66. The Hall–Kier alpha value is -0.980. The molecule has 2 fully saturated rings. The van der Waals surface area contributed by atoms with E-state index in [9.17, 15) is 9.18 Å². The van der Waals surface area contributed by atoms with E-state index >= 15 is 0 Å². The topological polar surface area (TPSA) is 44.7 Å². The number of benzene rings is 1. The summed E-state index contributed by atoms with van der Waals surface area (Å²) in [7, 11) is 1.96. The number of aliphatic imine (C=N–C) groups is 1. The molecule has 1 amide bonds. The average molecular weight is 378 g/mol. The monoisotopic (exact) mass is 377 g/mol. The zero-order valence-electron chi connectivity index (χ0n) is 12.6. The van der Waals surface area contributed by atoms with Gasteiger partial charge in [0.2, 0.25) is 5.91 Å². The van der Waals surface area contributed by atoms with Gasteiger partial charge in [-0.05, 0) is 31.0 Å². The van der Waals surface area contributed by atoms with Crippen molar-refractivity contribution in [2.45, 2.75) is 31.3 Å². The summed E-state index contributed by atoms with van der Waals surface area (Å²) in [5.41, 5.74) is 0.123. The number of anilines is 1. The van der Waals surface area contributed by atoms with Crippen molar-refractivity contribution < 1.29 is 9.18 Å². The molecule has 0 radical (unpaired) electrons. The molecular weight excluding hydrogens is 360 g/mol. The van der Waals surface area contributed by atoms with Crippen LogP contribution in [0.25, 0.3) is 0 Å². The molecule has 1 aliphatic heterocycles. The first-order valence-corrected chi connectivity index (χ1v) is 8.57. The summed E-state index contributed by atoms with van der Waals surface area (Å²) in [6.45, 7) is 0. The Bertz CT molecular complexity index is 625. The van der Waals surface area contributed by atoms with Gasteiger partial charge in [0, 0.05) is 30.3 Å². The van der Waals surface area contributed by atoms with Crippen LogP contribution in [0.4, 0.5) is 10.1 Å². The summed E-state index contributed by atoms with van der Waals surface area (Å²) >= 11 is 7.50. The van der Waals surface area contributed by atoms with Crippen molar-refractivity contribution >= 4 is 52.5 Å². The Kier molecular flexibility index (Phi) is 6.17. The van der Waals surface area contributed by atoms with Crippen LogP contribution in [0.1, 0.15) is 19.3 Å². The molecule has 23 heavy (non-hydrogen) atoms. The molecule has 0 bridgehead atoms. The molecule has 1 aromatic carbocycles. The van der Waals surface area contributed by atoms with Crippen molar-refractivity contribution in [3.63, 3.8) is 0 Å². The number of amidine groups is 1. The van der Waals surface area contributed by atoms with Crippen LogP contribution in [-0.4, -0.2) is 40.9 Å². The second-order valence-electron chi connectivity index (χ2n) is 5.60. The third-order valence-corrected chi connectivity index (χ3v) is 5.16. The van der Waals surface area contributed by atoms with Crippen LogP contribution >= 0.6 is 35.8 Å². The smallest absolute Gasteiger partial charge is 0.226 e. The van der Waals surface area contributed by atoms with Crippen molar-refractivity contribution in [2.24, 2.45) is 4.99 Å². The van der Waals surface area contributed by atoms with Crippen LogP contribution in [0.5, 0.6) is 0 Å². The summed E-state index contributed by atoms with van der Waals surface area (Å²) in [5, 5.41) is 3.99. The van der Waals surface area contributed by atoms with Crippen molar-refractivity contribution in [1.82, 2.24) is 4.90 Å². The van der Waals surface area contributed by atoms with Crippen molar-refractivity contribution in [2.75, 3.05) is 18.1 Å². The fourth-order valence-electron chi connectivity index (χ4n) is 2.23. The van der Waals surface area contributed by atoms with Crippen molar-refractivity contribution in [1.29, 1.82) is 0 Å². The Balaban J connectivity index is 0.00000192. The molecule has 0 spiro atoms. The number of amides is 1. The van der Waals surface area contributed by atoms with E-state index in [0.29, 0.717) is 17.5 Å². The first-order chi connectivity index (χ1) is 10.5. The van der Waals surface area contributed by atoms with E-state index in [1.165, 1.54) is 18.2 Å². The highest BCUT2D eigenvalue weighted by atomic mass is 35.5. The minimum Gasteiger partial charge on any atom is -0.350 e. The molecule has 1 saturated heterocycles. The van der Waals surface area contributed by atoms with Gasteiger partial charge >= 0.3 is 0 Å². The lowest BCUT2D eigenvalue weighted by atomic mass is 10.2. The molecule has 3 rings (SSSR count). The van der Waals surface area contributed by atoms with Gasteiger partial charge in [0.05, 0.1) is 11.7 Å². The number of hydrogen-bond acceptors (Lipinski definition) is 3. The molecule has 1 saturated carbocycles. The highest BCUT2D eigenvalue weighted by Gasteiger charge is 2.31. The zero-order chi connectivity index (χ0) is 15.7. The van der Waals surface area contributed by atoms with Gasteiger partial charge < -0.3 is 10.2 Å². The van der Waals surface area contributed by atoms with Gasteiger partial charge in [0.15, 0.2) is 5.17 Å². The molecule has 126 valence electrons. The second-order valence-corrected chi connectivity index (χ2v) is 7.02. The lowest BCUT2D eigenvalue weighted by molar-refractivity contribution is -0.116. The average Bonchev–Trinajstić information content (AvgIpc) is 3.23. The zero-order valence-corrected chi connectivity index (χ0v) is 15.0.